The molecule has 0 atom stereocenters. The molecular formula is C17H21N3O5. The Morgan fingerprint density at radius 2 is 1.92 bits per heavy atom. The number of nitrogens with zero attached hydrogens (tertiary/aromatic N) is 2. The van der Waals surface area contributed by atoms with Crippen LogP contribution < -0.4 is 10.1 Å². The molecule has 2 N–H and O–H groups in total. The van der Waals surface area contributed by atoms with Gasteiger partial charge in [0.05, 0.1) is 12.8 Å². The summed E-state index contributed by atoms with van der Waals surface area (Å²) in [7, 11) is 3.04. The first-order valence-corrected chi connectivity index (χ1v) is 7.56. The number of carbonyl (C=O) groups excluding carboxylic acids is 1. The molecule has 0 spiro atoms. The Hall–Kier alpha value is -3.03. The van der Waals surface area contributed by atoms with Crippen molar-refractivity contribution in [3.05, 3.63) is 30.0 Å². The van der Waals surface area contributed by atoms with Crippen molar-refractivity contribution in [1.29, 1.82) is 0 Å². The molecule has 2 rings (SSSR count). The van der Waals surface area contributed by atoms with E-state index >= 15 is 0 Å². The van der Waals surface area contributed by atoms with Gasteiger partial charge < -0.3 is 14.6 Å². The molecule has 0 unspecified atom stereocenters. The number of nitrogens with one attached hydrogen (secondary N) is 1. The Balaban J connectivity index is 2.36. The van der Waals surface area contributed by atoms with Gasteiger partial charge in [0.2, 0.25) is 0 Å². The Bertz CT molecular complexity index is 805. The number of rotatable bonds is 4. The maximum atomic E-state index is 11.9. The number of anilines is 1. The van der Waals surface area contributed by atoms with Crippen LogP contribution in [0, 0.1) is 0 Å². The zero-order chi connectivity index (χ0) is 18.8. The van der Waals surface area contributed by atoms with E-state index < -0.39 is 17.7 Å². The van der Waals surface area contributed by atoms with Crippen LogP contribution in [0.3, 0.4) is 0 Å². The number of benzene rings is 1. The van der Waals surface area contributed by atoms with Crippen LogP contribution in [-0.2, 0) is 11.8 Å². The second-order valence-electron chi connectivity index (χ2n) is 6.39. The fourth-order valence-corrected chi connectivity index (χ4v) is 2.21. The summed E-state index contributed by atoms with van der Waals surface area (Å²) in [5.41, 5.74) is 0.885. The van der Waals surface area contributed by atoms with Gasteiger partial charge in [-0.25, -0.2) is 9.59 Å². The largest absolute Gasteiger partial charge is 0.496 e. The molecule has 8 nitrogen and oxygen atoms in total. The zero-order valence-corrected chi connectivity index (χ0v) is 14.8. The molecule has 25 heavy (non-hydrogen) atoms. The number of ether oxygens (including phenoxy) is 2. The summed E-state index contributed by atoms with van der Waals surface area (Å²) >= 11 is 0. The minimum Gasteiger partial charge on any atom is -0.496 e. The number of carboxylic acid groups (broad SMARTS) is 1. The fourth-order valence-electron chi connectivity index (χ4n) is 2.21. The quantitative estimate of drug-likeness (QED) is 0.881. The third-order valence-electron chi connectivity index (χ3n) is 3.22. The van der Waals surface area contributed by atoms with E-state index in [2.05, 4.69) is 10.4 Å². The summed E-state index contributed by atoms with van der Waals surface area (Å²) in [6, 6.07) is 6.42. The van der Waals surface area contributed by atoms with Crippen LogP contribution in [0.2, 0.25) is 0 Å². The van der Waals surface area contributed by atoms with Crippen LogP contribution in [0.25, 0.3) is 11.3 Å². The summed E-state index contributed by atoms with van der Waals surface area (Å²) in [6.45, 7) is 5.31. The molecule has 0 fully saturated rings. The maximum absolute atomic E-state index is 11.9. The number of aromatic nitrogens is 2. The molecule has 8 heteroatoms. The Morgan fingerprint density at radius 3 is 2.44 bits per heavy atom. The Morgan fingerprint density at radius 1 is 1.24 bits per heavy atom. The van der Waals surface area contributed by atoms with E-state index in [1.165, 1.54) is 17.9 Å². The van der Waals surface area contributed by atoms with Gasteiger partial charge in [-0.3, -0.25) is 10.00 Å². The molecule has 0 saturated heterocycles. The number of methoxy groups -OCH3 is 1. The van der Waals surface area contributed by atoms with Crippen molar-refractivity contribution in [2.75, 3.05) is 12.4 Å². The molecule has 0 aliphatic carbocycles. The summed E-state index contributed by atoms with van der Waals surface area (Å²) in [4.78, 5) is 23.1. The molecule has 2 aromatic rings. The van der Waals surface area contributed by atoms with Crippen molar-refractivity contribution in [2.45, 2.75) is 26.4 Å². The minimum absolute atomic E-state index is 0.0440. The van der Waals surface area contributed by atoms with Gasteiger partial charge in [-0.05, 0) is 45.0 Å². The van der Waals surface area contributed by atoms with E-state index in [1.807, 2.05) is 0 Å². The predicted molar refractivity (Wildman–Crippen MR) is 92.0 cm³/mol. The summed E-state index contributed by atoms with van der Waals surface area (Å²) < 4.78 is 11.8. The van der Waals surface area contributed by atoms with Gasteiger partial charge in [-0.2, -0.15) is 5.10 Å². The summed E-state index contributed by atoms with van der Waals surface area (Å²) in [5, 5.41) is 16.0. The van der Waals surface area contributed by atoms with E-state index in [-0.39, 0.29) is 5.69 Å². The summed E-state index contributed by atoms with van der Waals surface area (Å²) in [6.07, 6.45) is -0.587. The molecule has 1 amide bonds. The van der Waals surface area contributed by atoms with Crippen LogP contribution in [0.1, 0.15) is 31.3 Å². The van der Waals surface area contributed by atoms with Crippen molar-refractivity contribution in [1.82, 2.24) is 9.78 Å². The fraction of sp³-hybridized carbons (Fsp3) is 0.353. The summed E-state index contributed by atoms with van der Waals surface area (Å²) in [5.74, 6) is -0.576. The second kappa shape index (κ2) is 6.84. The smallest absolute Gasteiger partial charge is 0.412 e. The van der Waals surface area contributed by atoms with Gasteiger partial charge in [-0.15, -0.1) is 0 Å². The average Bonchev–Trinajstić information content (AvgIpc) is 2.87. The van der Waals surface area contributed by atoms with E-state index in [9.17, 15) is 9.59 Å². The van der Waals surface area contributed by atoms with Gasteiger partial charge in [0.1, 0.15) is 17.0 Å². The highest BCUT2D eigenvalue weighted by Crippen LogP contribution is 2.32. The molecule has 0 radical (unpaired) electrons. The van der Waals surface area contributed by atoms with Crippen molar-refractivity contribution in [3.8, 4) is 17.0 Å². The molecular weight excluding hydrogens is 326 g/mol. The number of carbonyl (C=O) groups is 2. The van der Waals surface area contributed by atoms with Crippen molar-refractivity contribution < 1.29 is 24.2 Å². The van der Waals surface area contributed by atoms with E-state index in [1.54, 1.807) is 46.0 Å². The van der Waals surface area contributed by atoms with Gasteiger partial charge in [0, 0.05) is 18.3 Å². The van der Waals surface area contributed by atoms with Gasteiger partial charge >= 0.3 is 12.1 Å². The number of carboxylic acids is 1. The number of hydrogen-bond donors (Lipinski definition) is 2. The van der Waals surface area contributed by atoms with Gasteiger partial charge in [0.15, 0.2) is 0 Å². The molecule has 0 bridgehead atoms. The van der Waals surface area contributed by atoms with Crippen LogP contribution in [0.4, 0.5) is 10.5 Å². The van der Waals surface area contributed by atoms with Gasteiger partial charge in [0.25, 0.3) is 0 Å². The highest BCUT2D eigenvalue weighted by atomic mass is 16.6. The second-order valence-corrected chi connectivity index (χ2v) is 6.39. The lowest BCUT2D eigenvalue weighted by atomic mass is 10.1. The topological polar surface area (TPSA) is 103 Å². The number of aryl methyl sites for hydroxylation is 1. The molecule has 0 saturated carbocycles. The van der Waals surface area contributed by atoms with E-state index in [0.29, 0.717) is 22.7 Å². The van der Waals surface area contributed by atoms with Crippen molar-refractivity contribution >= 4 is 17.7 Å². The molecule has 0 aliphatic heterocycles. The van der Waals surface area contributed by atoms with Crippen molar-refractivity contribution in [2.24, 2.45) is 7.05 Å². The van der Waals surface area contributed by atoms with Crippen LogP contribution in [0.15, 0.2) is 24.3 Å². The first-order chi connectivity index (χ1) is 11.6. The molecule has 134 valence electrons. The van der Waals surface area contributed by atoms with Crippen molar-refractivity contribution in [3.63, 3.8) is 0 Å². The van der Waals surface area contributed by atoms with E-state index in [4.69, 9.17) is 14.6 Å². The van der Waals surface area contributed by atoms with Crippen LogP contribution in [-0.4, -0.2) is 39.7 Å². The highest BCUT2D eigenvalue weighted by molar-refractivity contribution is 5.89. The SMILES string of the molecule is COc1ccc(NC(=O)OC(C)(C)C)cc1-c1cc(C(=O)O)n(C)n1. The normalized spacial score (nSPS) is 11.1. The number of amides is 1. The lowest BCUT2D eigenvalue weighted by Gasteiger charge is -2.20. The highest BCUT2D eigenvalue weighted by Gasteiger charge is 2.19. The molecule has 0 aliphatic rings. The maximum Gasteiger partial charge on any atom is 0.412 e. The minimum atomic E-state index is -1.08. The van der Waals surface area contributed by atoms with Crippen LogP contribution in [0.5, 0.6) is 5.75 Å². The first-order valence-electron chi connectivity index (χ1n) is 7.56. The molecule has 1 aromatic heterocycles. The zero-order valence-electron chi connectivity index (χ0n) is 14.8. The average molecular weight is 347 g/mol. The van der Waals surface area contributed by atoms with Gasteiger partial charge in [-0.1, -0.05) is 0 Å². The Kier molecular flexibility index (Phi) is 5.01. The van der Waals surface area contributed by atoms with Crippen LogP contribution >= 0.6 is 0 Å². The molecule has 1 aromatic carbocycles. The lowest BCUT2D eigenvalue weighted by Crippen LogP contribution is -2.27. The number of aromatic carboxylic acids is 1. The third-order valence-corrected chi connectivity index (χ3v) is 3.22. The monoisotopic (exact) mass is 347 g/mol. The Labute approximate surface area is 145 Å². The number of hydrogen-bond acceptors (Lipinski definition) is 5. The third kappa shape index (κ3) is 4.50. The lowest BCUT2D eigenvalue weighted by molar-refractivity contribution is 0.0633. The molecule has 1 heterocycles. The first kappa shape index (κ1) is 18.3. The predicted octanol–water partition coefficient (Wildman–Crippen LogP) is 3.14. The standard InChI is InChI=1S/C17H21N3O5/c1-17(2,3)25-16(23)18-10-6-7-14(24-5)11(8-10)12-9-13(15(21)22)20(4)19-12/h6-9H,1-5H3,(H,18,23)(H,21,22). The van der Waals surface area contributed by atoms with E-state index in [0.717, 1.165) is 0 Å².